The molecule has 12 heteroatoms. The van der Waals surface area contributed by atoms with Gasteiger partial charge in [0.1, 0.15) is 16.4 Å². The summed E-state index contributed by atoms with van der Waals surface area (Å²) in [4.78, 5) is 13.4. The van der Waals surface area contributed by atoms with Crippen LogP contribution in [-0.2, 0) is 0 Å². The number of aromatic amines is 2. The average Bonchev–Trinajstić information content (AvgIpc) is 3.42. The lowest BCUT2D eigenvalue weighted by Gasteiger charge is -2.08. The molecule has 0 aliphatic carbocycles. The van der Waals surface area contributed by atoms with Crippen molar-refractivity contribution in [3.8, 4) is 11.3 Å². The van der Waals surface area contributed by atoms with E-state index >= 15 is 0 Å². The van der Waals surface area contributed by atoms with Crippen molar-refractivity contribution in [1.29, 1.82) is 0 Å². The summed E-state index contributed by atoms with van der Waals surface area (Å²) in [5.74, 6) is 0.637. The molecule has 3 N–H and O–H groups in total. The summed E-state index contributed by atoms with van der Waals surface area (Å²) >= 11 is 2.76. The van der Waals surface area contributed by atoms with E-state index in [1.165, 1.54) is 29.6 Å². The molecule has 0 aliphatic heterocycles. The lowest BCUT2D eigenvalue weighted by molar-refractivity contribution is 0.960. The van der Waals surface area contributed by atoms with Crippen LogP contribution in [0, 0.1) is 6.92 Å². The Morgan fingerprint density at radius 2 is 2.19 bits per heavy atom. The summed E-state index contributed by atoms with van der Waals surface area (Å²) in [5.41, 5.74) is 3.50. The van der Waals surface area contributed by atoms with Crippen LogP contribution in [0.2, 0.25) is 0 Å². The first-order valence-corrected chi connectivity index (χ1v) is 9.46. The molecule has 5 aromatic rings. The van der Waals surface area contributed by atoms with Gasteiger partial charge < -0.3 is 5.32 Å². The molecule has 0 aromatic carbocycles. The Morgan fingerprint density at radius 3 is 2.93 bits per heavy atom. The fourth-order valence-electron chi connectivity index (χ4n) is 2.59. The number of hydrogen-bond acceptors (Lipinski definition) is 9. The molecule has 0 bridgehead atoms. The van der Waals surface area contributed by atoms with Crippen molar-refractivity contribution in [2.45, 2.75) is 17.1 Å². The molecule has 0 unspecified atom stereocenters. The van der Waals surface area contributed by atoms with E-state index in [9.17, 15) is 0 Å². The molecule has 0 radical (unpaired) electrons. The van der Waals surface area contributed by atoms with Gasteiger partial charge in [0.25, 0.3) is 0 Å². The standard InChI is InChI=1S/C15H12N10S2/c1-8-2-11(27-24-8)21-13-14-16-5-10(9-3-18-19-4-9)25(14)6-12(22-13)26-15-17-7-20-23-15/h2-7H,1H3,(H,18,19)(H,21,22)(H,17,20,23). The zero-order valence-electron chi connectivity index (χ0n) is 13.9. The average molecular weight is 396 g/mol. The maximum atomic E-state index is 4.71. The highest BCUT2D eigenvalue weighted by atomic mass is 32.2. The van der Waals surface area contributed by atoms with Crippen LogP contribution in [0.15, 0.2) is 47.4 Å². The predicted octanol–water partition coefficient (Wildman–Crippen LogP) is 2.90. The number of aromatic nitrogens is 9. The van der Waals surface area contributed by atoms with E-state index in [4.69, 9.17) is 4.98 Å². The van der Waals surface area contributed by atoms with Crippen LogP contribution in [0.25, 0.3) is 16.9 Å². The van der Waals surface area contributed by atoms with E-state index in [0.29, 0.717) is 16.6 Å². The van der Waals surface area contributed by atoms with E-state index in [2.05, 4.69) is 40.1 Å². The number of hydrogen-bond donors (Lipinski definition) is 3. The van der Waals surface area contributed by atoms with Crippen molar-refractivity contribution in [2.24, 2.45) is 0 Å². The van der Waals surface area contributed by atoms with Gasteiger partial charge in [-0.15, -0.1) is 0 Å². The molecule has 27 heavy (non-hydrogen) atoms. The van der Waals surface area contributed by atoms with Crippen LogP contribution in [-0.4, -0.2) is 44.1 Å². The van der Waals surface area contributed by atoms with E-state index in [1.54, 1.807) is 12.4 Å². The first-order valence-electron chi connectivity index (χ1n) is 7.87. The van der Waals surface area contributed by atoms with Gasteiger partial charge in [-0.25, -0.2) is 15.0 Å². The molecule has 10 nitrogen and oxygen atoms in total. The molecule has 0 amide bonds. The molecule has 0 atom stereocenters. The van der Waals surface area contributed by atoms with E-state index in [1.807, 2.05) is 29.8 Å². The van der Waals surface area contributed by atoms with E-state index in [0.717, 1.165) is 27.0 Å². The van der Waals surface area contributed by atoms with Crippen LogP contribution in [0.1, 0.15) is 5.69 Å². The summed E-state index contributed by atoms with van der Waals surface area (Å²) < 4.78 is 6.28. The van der Waals surface area contributed by atoms with Crippen LogP contribution < -0.4 is 5.32 Å². The highest BCUT2D eigenvalue weighted by Crippen LogP contribution is 2.31. The van der Waals surface area contributed by atoms with Gasteiger partial charge in [-0.2, -0.15) is 14.6 Å². The third kappa shape index (κ3) is 3.04. The van der Waals surface area contributed by atoms with Gasteiger partial charge in [-0.3, -0.25) is 14.6 Å². The monoisotopic (exact) mass is 396 g/mol. The molecule has 0 spiro atoms. The fraction of sp³-hybridized carbons (Fsp3) is 0.0667. The number of anilines is 2. The molecule has 0 saturated heterocycles. The zero-order chi connectivity index (χ0) is 18.2. The second kappa shape index (κ2) is 6.48. The Bertz CT molecular complexity index is 1190. The lowest BCUT2D eigenvalue weighted by atomic mass is 10.3. The lowest BCUT2D eigenvalue weighted by Crippen LogP contribution is -2.00. The third-order valence-electron chi connectivity index (χ3n) is 3.73. The second-order valence-corrected chi connectivity index (χ2v) is 7.42. The number of rotatable bonds is 5. The molecular formula is C15H12N10S2. The molecule has 5 aromatic heterocycles. The van der Waals surface area contributed by atoms with Crippen molar-refractivity contribution < 1.29 is 0 Å². The number of H-pyrrole nitrogens is 2. The quantitative estimate of drug-likeness (QED) is 0.414. The first-order chi connectivity index (χ1) is 13.3. The van der Waals surface area contributed by atoms with Gasteiger partial charge in [0.2, 0.25) is 0 Å². The van der Waals surface area contributed by atoms with Crippen molar-refractivity contribution in [1.82, 2.24) is 44.1 Å². The van der Waals surface area contributed by atoms with Crippen molar-refractivity contribution >= 4 is 39.8 Å². The summed E-state index contributed by atoms with van der Waals surface area (Å²) in [7, 11) is 0. The molecule has 0 saturated carbocycles. The fourth-order valence-corrected chi connectivity index (χ4v) is 3.94. The summed E-state index contributed by atoms with van der Waals surface area (Å²) in [6.07, 6.45) is 8.77. The minimum absolute atomic E-state index is 0.637. The number of imidazole rings is 1. The first kappa shape index (κ1) is 16.0. The van der Waals surface area contributed by atoms with E-state index < -0.39 is 0 Å². The molecular weight excluding hydrogens is 384 g/mol. The molecule has 5 rings (SSSR count). The molecule has 134 valence electrons. The Labute approximate surface area is 160 Å². The van der Waals surface area contributed by atoms with Crippen LogP contribution in [0.3, 0.4) is 0 Å². The van der Waals surface area contributed by atoms with Gasteiger partial charge >= 0.3 is 0 Å². The van der Waals surface area contributed by atoms with Gasteiger partial charge in [-0.05, 0) is 36.3 Å². The highest BCUT2D eigenvalue weighted by Gasteiger charge is 2.15. The largest absolute Gasteiger partial charge is 0.328 e. The Morgan fingerprint density at radius 1 is 1.22 bits per heavy atom. The predicted molar refractivity (Wildman–Crippen MR) is 101 cm³/mol. The summed E-state index contributed by atoms with van der Waals surface area (Å²) in [6, 6.07) is 1.97. The summed E-state index contributed by atoms with van der Waals surface area (Å²) in [6.45, 7) is 1.95. The SMILES string of the molecule is Cc1cc(Nc2nc(Sc3ncn[nH]3)cn3c(-c4cn[nH]c4)cnc23)sn1. The smallest absolute Gasteiger partial charge is 0.189 e. The number of aryl methyl sites for hydroxylation is 1. The van der Waals surface area contributed by atoms with Crippen LogP contribution >= 0.6 is 23.3 Å². The summed E-state index contributed by atoms with van der Waals surface area (Å²) in [5, 5.41) is 19.2. The van der Waals surface area contributed by atoms with Crippen LogP contribution in [0.5, 0.6) is 0 Å². The molecule has 0 fully saturated rings. The van der Waals surface area contributed by atoms with Gasteiger partial charge in [0.05, 0.1) is 23.8 Å². The minimum atomic E-state index is 0.637. The number of nitrogens with one attached hydrogen (secondary N) is 3. The third-order valence-corrected chi connectivity index (χ3v) is 5.32. The normalized spacial score (nSPS) is 11.3. The zero-order valence-corrected chi connectivity index (χ0v) is 15.5. The van der Waals surface area contributed by atoms with Crippen molar-refractivity contribution in [3.63, 3.8) is 0 Å². The van der Waals surface area contributed by atoms with Crippen molar-refractivity contribution in [2.75, 3.05) is 5.32 Å². The van der Waals surface area contributed by atoms with Gasteiger partial charge in [0, 0.05) is 18.0 Å². The highest BCUT2D eigenvalue weighted by molar-refractivity contribution is 7.99. The number of nitrogens with zero attached hydrogens (tertiary/aromatic N) is 7. The Kier molecular flexibility index (Phi) is 3.83. The topological polar surface area (TPSA) is 125 Å². The van der Waals surface area contributed by atoms with Gasteiger partial charge in [0.15, 0.2) is 16.6 Å². The Hall–Kier alpha value is -3.25. The van der Waals surface area contributed by atoms with Crippen molar-refractivity contribution in [3.05, 3.63) is 42.9 Å². The maximum absolute atomic E-state index is 4.71. The maximum Gasteiger partial charge on any atom is 0.189 e. The molecule has 5 heterocycles. The minimum Gasteiger partial charge on any atom is -0.328 e. The van der Waals surface area contributed by atoms with Gasteiger partial charge in [-0.1, -0.05) is 0 Å². The van der Waals surface area contributed by atoms with Crippen LogP contribution in [0.4, 0.5) is 10.8 Å². The number of fused-ring (bicyclic) bond motifs is 1. The van der Waals surface area contributed by atoms with E-state index in [-0.39, 0.29) is 0 Å². The molecule has 0 aliphatic rings. The second-order valence-electron chi connectivity index (χ2n) is 5.60. The Balaban J connectivity index is 1.64.